The molecule has 6 nitrogen and oxygen atoms in total. The number of carbonyl (C=O) groups excluding carboxylic acids is 2. The first-order valence-electron chi connectivity index (χ1n) is 12.6. The van der Waals surface area contributed by atoms with Crippen LogP contribution in [-0.4, -0.2) is 36.5 Å². The average Bonchev–Trinajstić information content (AvgIpc) is 3.35. The van der Waals surface area contributed by atoms with E-state index in [1.807, 2.05) is 48.2 Å². The van der Waals surface area contributed by atoms with Crippen molar-refractivity contribution in [2.24, 2.45) is 0 Å². The second-order valence-electron chi connectivity index (χ2n) is 9.51. The molecule has 36 heavy (non-hydrogen) atoms. The fraction of sp³-hybridized carbons (Fsp3) is 0.333. The van der Waals surface area contributed by atoms with Crippen LogP contribution in [-0.2, 0) is 17.6 Å². The Morgan fingerprint density at radius 1 is 0.944 bits per heavy atom. The SMILES string of the molecule is COc1cc(CC(=O)N2CCCC2CCc2ccc(C)cc2)ccc1NC(=O)Nc1ccccc1C. The van der Waals surface area contributed by atoms with Gasteiger partial charge in [-0.1, -0.05) is 54.1 Å². The van der Waals surface area contributed by atoms with E-state index in [2.05, 4.69) is 41.8 Å². The van der Waals surface area contributed by atoms with Crippen LogP contribution in [0.5, 0.6) is 5.75 Å². The molecule has 1 atom stereocenters. The number of nitrogens with zero attached hydrogens (tertiary/aromatic N) is 1. The number of likely N-dealkylation sites (tertiary alicyclic amines) is 1. The summed E-state index contributed by atoms with van der Waals surface area (Å²) in [4.78, 5) is 27.7. The quantitative estimate of drug-likeness (QED) is 0.404. The second kappa shape index (κ2) is 11.8. The van der Waals surface area contributed by atoms with E-state index in [-0.39, 0.29) is 18.0 Å². The van der Waals surface area contributed by atoms with Crippen LogP contribution in [0.2, 0.25) is 0 Å². The van der Waals surface area contributed by atoms with Crippen molar-refractivity contribution in [2.45, 2.75) is 52.0 Å². The van der Waals surface area contributed by atoms with Gasteiger partial charge in [0.25, 0.3) is 0 Å². The molecule has 2 N–H and O–H groups in total. The minimum Gasteiger partial charge on any atom is -0.495 e. The Hall–Kier alpha value is -3.80. The van der Waals surface area contributed by atoms with E-state index >= 15 is 0 Å². The third-order valence-corrected chi connectivity index (χ3v) is 6.85. The summed E-state index contributed by atoms with van der Waals surface area (Å²) in [5.74, 6) is 0.666. The number of benzene rings is 3. The third kappa shape index (κ3) is 6.45. The number of hydrogen-bond donors (Lipinski definition) is 2. The Balaban J connectivity index is 1.35. The molecule has 1 aliphatic rings. The first-order valence-corrected chi connectivity index (χ1v) is 12.6. The van der Waals surface area contributed by atoms with E-state index in [0.29, 0.717) is 17.9 Å². The molecule has 4 rings (SSSR count). The summed E-state index contributed by atoms with van der Waals surface area (Å²) in [5.41, 5.74) is 5.73. The van der Waals surface area contributed by atoms with E-state index in [0.717, 1.165) is 49.0 Å². The summed E-state index contributed by atoms with van der Waals surface area (Å²) in [5, 5.41) is 5.70. The van der Waals surface area contributed by atoms with Gasteiger partial charge >= 0.3 is 6.03 Å². The smallest absolute Gasteiger partial charge is 0.323 e. The van der Waals surface area contributed by atoms with Gasteiger partial charge in [0.1, 0.15) is 5.75 Å². The molecule has 188 valence electrons. The Labute approximate surface area is 213 Å². The zero-order valence-electron chi connectivity index (χ0n) is 21.3. The molecular weight excluding hydrogens is 450 g/mol. The highest BCUT2D eigenvalue weighted by Crippen LogP contribution is 2.28. The summed E-state index contributed by atoms with van der Waals surface area (Å²) in [7, 11) is 1.56. The predicted molar refractivity (Wildman–Crippen MR) is 145 cm³/mol. The first kappa shape index (κ1) is 25.3. The number of hydrogen-bond acceptors (Lipinski definition) is 3. The van der Waals surface area contributed by atoms with Crippen molar-refractivity contribution in [3.05, 3.63) is 89.0 Å². The average molecular weight is 486 g/mol. The van der Waals surface area contributed by atoms with Crippen LogP contribution in [0, 0.1) is 13.8 Å². The number of para-hydroxylation sites is 1. The molecule has 1 unspecified atom stereocenters. The Morgan fingerprint density at radius 3 is 2.42 bits per heavy atom. The number of amides is 3. The Morgan fingerprint density at radius 2 is 1.67 bits per heavy atom. The Kier molecular flexibility index (Phi) is 8.26. The number of methoxy groups -OCH3 is 1. The van der Waals surface area contributed by atoms with E-state index in [1.165, 1.54) is 11.1 Å². The third-order valence-electron chi connectivity index (χ3n) is 6.85. The van der Waals surface area contributed by atoms with Gasteiger partial charge in [-0.05, 0) is 74.4 Å². The molecule has 0 aliphatic carbocycles. The predicted octanol–water partition coefficient (Wildman–Crippen LogP) is 6.12. The van der Waals surface area contributed by atoms with Crippen LogP contribution in [0.15, 0.2) is 66.7 Å². The number of rotatable bonds is 8. The summed E-state index contributed by atoms with van der Waals surface area (Å²) in [6.45, 7) is 4.85. The van der Waals surface area contributed by atoms with E-state index in [1.54, 1.807) is 13.2 Å². The normalized spacial score (nSPS) is 15.0. The van der Waals surface area contributed by atoms with Crippen LogP contribution in [0.4, 0.5) is 16.2 Å². The minimum atomic E-state index is -0.347. The van der Waals surface area contributed by atoms with E-state index in [9.17, 15) is 9.59 Å². The highest BCUT2D eigenvalue weighted by molar-refractivity contribution is 6.01. The lowest BCUT2D eigenvalue weighted by Gasteiger charge is -2.25. The summed E-state index contributed by atoms with van der Waals surface area (Å²) in [6.07, 6.45) is 4.38. The summed E-state index contributed by atoms with van der Waals surface area (Å²) >= 11 is 0. The lowest BCUT2D eigenvalue weighted by molar-refractivity contribution is -0.131. The van der Waals surface area contributed by atoms with Gasteiger partial charge in [0.2, 0.25) is 5.91 Å². The van der Waals surface area contributed by atoms with Crippen molar-refractivity contribution in [2.75, 3.05) is 24.3 Å². The molecule has 6 heteroatoms. The monoisotopic (exact) mass is 485 g/mol. The van der Waals surface area contributed by atoms with Gasteiger partial charge in [0.15, 0.2) is 0 Å². The molecule has 1 aliphatic heterocycles. The van der Waals surface area contributed by atoms with Crippen LogP contribution < -0.4 is 15.4 Å². The van der Waals surface area contributed by atoms with Crippen LogP contribution >= 0.6 is 0 Å². The van der Waals surface area contributed by atoms with Crippen molar-refractivity contribution in [3.63, 3.8) is 0 Å². The standard InChI is InChI=1S/C30H35N3O3/c1-21-10-12-23(13-11-21)14-16-25-8-6-18-33(25)29(34)20-24-15-17-27(28(19-24)36-3)32-30(35)31-26-9-5-4-7-22(26)2/h4-5,7,9-13,15,17,19,25H,6,8,14,16,18,20H2,1-3H3,(H2,31,32,35). The molecule has 0 radical (unpaired) electrons. The molecule has 0 bridgehead atoms. The van der Waals surface area contributed by atoms with E-state index in [4.69, 9.17) is 4.74 Å². The van der Waals surface area contributed by atoms with Crippen molar-refractivity contribution >= 4 is 23.3 Å². The highest BCUT2D eigenvalue weighted by atomic mass is 16.5. The molecule has 0 saturated carbocycles. The van der Waals surface area contributed by atoms with Gasteiger partial charge in [-0.2, -0.15) is 0 Å². The topological polar surface area (TPSA) is 70.7 Å². The lowest BCUT2D eigenvalue weighted by atomic mass is 10.0. The summed E-state index contributed by atoms with van der Waals surface area (Å²) < 4.78 is 5.52. The molecule has 1 heterocycles. The zero-order valence-corrected chi connectivity index (χ0v) is 21.3. The maximum absolute atomic E-state index is 13.2. The van der Waals surface area contributed by atoms with Gasteiger partial charge in [-0.25, -0.2) is 4.79 Å². The van der Waals surface area contributed by atoms with Crippen molar-refractivity contribution in [3.8, 4) is 5.75 Å². The molecule has 0 spiro atoms. The van der Waals surface area contributed by atoms with Crippen molar-refractivity contribution in [1.29, 1.82) is 0 Å². The van der Waals surface area contributed by atoms with Crippen LogP contribution in [0.25, 0.3) is 0 Å². The largest absolute Gasteiger partial charge is 0.495 e. The molecule has 1 saturated heterocycles. The minimum absolute atomic E-state index is 0.140. The molecule has 3 aromatic carbocycles. The highest BCUT2D eigenvalue weighted by Gasteiger charge is 2.28. The number of aryl methyl sites for hydroxylation is 3. The van der Waals surface area contributed by atoms with Gasteiger partial charge in [0.05, 0.1) is 19.2 Å². The number of nitrogens with one attached hydrogen (secondary N) is 2. The molecular formula is C30H35N3O3. The molecule has 0 aromatic heterocycles. The maximum atomic E-state index is 13.2. The first-order chi connectivity index (χ1) is 17.4. The number of ether oxygens (including phenoxy) is 1. The van der Waals surface area contributed by atoms with Gasteiger partial charge < -0.3 is 20.3 Å². The van der Waals surface area contributed by atoms with Gasteiger partial charge in [-0.3, -0.25) is 4.79 Å². The number of carbonyl (C=O) groups is 2. The number of anilines is 2. The van der Waals surface area contributed by atoms with Crippen molar-refractivity contribution in [1.82, 2.24) is 4.90 Å². The fourth-order valence-corrected chi connectivity index (χ4v) is 4.77. The fourth-order valence-electron chi connectivity index (χ4n) is 4.77. The zero-order chi connectivity index (χ0) is 25.5. The van der Waals surface area contributed by atoms with E-state index < -0.39 is 0 Å². The summed E-state index contributed by atoms with van der Waals surface area (Å²) in [6, 6.07) is 21.7. The van der Waals surface area contributed by atoms with Gasteiger partial charge in [0, 0.05) is 18.3 Å². The molecule has 1 fully saturated rings. The maximum Gasteiger partial charge on any atom is 0.323 e. The molecule has 3 amide bonds. The van der Waals surface area contributed by atoms with Crippen molar-refractivity contribution < 1.29 is 14.3 Å². The van der Waals surface area contributed by atoms with Gasteiger partial charge in [-0.15, -0.1) is 0 Å². The second-order valence-corrected chi connectivity index (χ2v) is 9.51. The van der Waals surface area contributed by atoms with Crippen LogP contribution in [0.1, 0.15) is 41.5 Å². The van der Waals surface area contributed by atoms with Crippen LogP contribution in [0.3, 0.4) is 0 Å². The lowest BCUT2D eigenvalue weighted by Crippen LogP contribution is -2.36. The molecule has 3 aromatic rings. The number of urea groups is 1. The Bertz CT molecular complexity index is 1210.